The molecule has 1 aliphatic heterocycles. The molecule has 5 rings (SSSR count). The van der Waals surface area contributed by atoms with Gasteiger partial charge in [0.15, 0.2) is 5.60 Å². The number of H-pyrrole nitrogens is 1. The first-order valence-corrected chi connectivity index (χ1v) is 9.00. The number of benzene rings is 1. The SMILES string of the molecule is CN1CC[C@@](O)(c2cccc(-n3cc(-c4c[nH]c5ncccc45)nn3)c2)C1=O. The summed E-state index contributed by atoms with van der Waals surface area (Å²) in [6.07, 6.45) is 5.79. The van der Waals surface area contributed by atoms with Crippen molar-refractivity contribution in [1.82, 2.24) is 29.9 Å². The van der Waals surface area contributed by atoms with E-state index in [0.717, 1.165) is 22.3 Å². The number of pyridine rings is 1. The Bertz CT molecular complexity index is 1200. The van der Waals surface area contributed by atoms with E-state index in [9.17, 15) is 9.90 Å². The predicted octanol–water partition coefficient (Wildman–Crippen LogP) is 1.86. The minimum atomic E-state index is -1.49. The fourth-order valence-electron chi connectivity index (χ4n) is 3.71. The zero-order valence-corrected chi connectivity index (χ0v) is 15.2. The molecule has 8 heteroatoms. The molecule has 3 aromatic heterocycles. The maximum Gasteiger partial charge on any atom is 0.258 e. The molecule has 1 atom stereocenters. The van der Waals surface area contributed by atoms with Crippen LogP contribution in [0.5, 0.6) is 0 Å². The molecule has 0 unspecified atom stereocenters. The number of aliphatic hydroxyl groups is 1. The number of fused-ring (bicyclic) bond motifs is 1. The number of carbonyl (C=O) groups excluding carboxylic acids is 1. The van der Waals surface area contributed by atoms with Gasteiger partial charge in [0.2, 0.25) is 0 Å². The molecule has 1 amide bonds. The van der Waals surface area contributed by atoms with Crippen molar-refractivity contribution >= 4 is 16.9 Å². The molecule has 1 fully saturated rings. The lowest BCUT2D eigenvalue weighted by Crippen LogP contribution is -2.36. The van der Waals surface area contributed by atoms with Gasteiger partial charge in [0.05, 0.1) is 11.9 Å². The average molecular weight is 374 g/mol. The summed E-state index contributed by atoms with van der Waals surface area (Å²) < 4.78 is 1.64. The van der Waals surface area contributed by atoms with E-state index in [0.29, 0.717) is 24.2 Å². The van der Waals surface area contributed by atoms with Crippen molar-refractivity contribution in [1.29, 1.82) is 0 Å². The van der Waals surface area contributed by atoms with Crippen LogP contribution in [0, 0.1) is 0 Å². The van der Waals surface area contributed by atoms with Crippen LogP contribution in [0.25, 0.3) is 28.0 Å². The summed E-state index contributed by atoms with van der Waals surface area (Å²) in [6, 6.07) is 11.1. The van der Waals surface area contributed by atoms with Gasteiger partial charge >= 0.3 is 0 Å². The number of nitrogens with zero attached hydrogens (tertiary/aromatic N) is 5. The Hall–Kier alpha value is -3.52. The van der Waals surface area contributed by atoms with Gasteiger partial charge in [-0.05, 0) is 29.8 Å². The molecule has 0 saturated carbocycles. The van der Waals surface area contributed by atoms with E-state index in [1.807, 2.05) is 36.7 Å². The highest BCUT2D eigenvalue weighted by Crippen LogP contribution is 2.33. The van der Waals surface area contributed by atoms with Crippen LogP contribution in [-0.2, 0) is 10.4 Å². The minimum absolute atomic E-state index is 0.282. The summed E-state index contributed by atoms with van der Waals surface area (Å²) in [5.41, 5.74) is 2.21. The van der Waals surface area contributed by atoms with E-state index in [1.54, 1.807) is 35.0 Å². The molecule has 1 saturated heterocycles. The van der Waals surface area contributed by atoms with Crippen molar-refractivity contribution in [3.8, 4) is 16.9 Å². The fourth-order valence-corrected chi connectivity index (χ4v) is 3.71. The summed E-state index contributed by atoms with van der Waals surface area (Å²) in [7, 11) is 1.70. The first kappa shape index (κ1) is 16.6. The number of aromatic nitrogens is 5. The number of amides is 1. The second kappa shape index (κ2) is 6.00. The summed E-state index contributed by atoms with van der Waals surface area (Å²) in [6.45, 7) is 0.529. The first-order chi connectivity index (χ1) is 13.6. The Morgan fingerprint density at radius 3 is 2.96 bits per heavy atom. The van der Waals surface area contributed by atoms with Gasteiger partial charge in [0.25, 0.3) is 5.91 Å². The highest BCUT2D eigenvalue weighted by molar-refractivity contribution is 5.92. The van der Waals surface area contributed by atoms with Crippen LogP contribution in [0.4, 0.5) is 0 Å². The van der Waals surface area contributed by atoms with Gasteiger partial charge in [-0.3, -0.25) is 4.79 Å². The van der Waals surface area contributed by atoms with Gasteiger partial charge in [-0.25, -0.2) is 9.67 Å². The number of hydrogen-bond donors (Lipinski definition) is 2. The maximum absolute atomic E-state index is 12.4. The summed E-state index contributed by atoms with van der Waals surface area (Å²) in [4.78, 5) is 21.4. The van der Waals surface area contributed by atoms with Gasteiger partial charge in [-0.2, -0.15) is 0 Å². The smallest absolute Gasteiger partial charge is 0.258 e. The molecule has 0 bridgehead atoms. The van der Waals surface area contributed by atoms with E-state index < -0.39 is 5.60 Å². The number of hydrogen-bond acceptors (Lipinski definition) is 5. The van der Waals surface area contributed by atoms with Crippen LogP contribution in [0.2, 0.25) is 0 Å². The number of carbonyl (C=O) groups is 1. The normalized spacial score (nSPS) is 19.6. The van der Waals surface area contributed by atoms with Gasteiger partial charge in [0.1, 0.15) is 11.3 Å². The van der Waals surface area contributed by atoms with Crippen molar-refractivity contribution < 1.29 is 9.90 Å². The Balaban J connectivity index is 1.52. The van der Waals surface area contributed by atoms with Crippen LogP contribution in [0.1, 0.15) is 12.0 Å². The number of likely N-dealkylation sites (N-methyl/N-ethyl adjacent to an activating group) is 1. The fraction of sp³-hybridized carbons (Fsp3) is 0.200. The lowest BCUT2D eigenvalue weighted by molar-refractivity contribution is -0.143. The van der Waals surface area contributed by atoms with Crippen LogP contribution < -0.4 is 0 Å². The molecule has 4 heterocycles. The van der Waals surface area contributed by atoms with Crippen molar-refractivity contribution in [2.24, 2.45) is 0 Å². The molecular formula is C20H18N6O2. The lowest BCUT2D eigenvalue weighted by atomic mass is 9.92. The van der Waals surface area contributed by atoms with E-state index in [1.165, 1.54) is 0 Å². The highest BCUT2D eigenvalue weighted by Gasteiger charge is 2.45. The largest absolute Gasteiger partial charge is 0.375 e. The second-order valence-electron chi connectivity index (χ2n) is 7.04. The molecule has 4 aromatic rings. The molecule has 28 heavy (non-hydrogen) atoms. The lowest BCUT2D eigenvalue weighted by Gasteiger charge is -2.21. The third-order valence-electron chi connectivity index (χ3n) is 5.32. The first-order valence-electron chi connectivity index (χ1n) is 9.00. The van der Waals surface area contributed by atoms with Gasteiger partial charge in [-0.15, -0.1) is 5.10 Å². The van der Waals surface area contributed by atoms with E-state index in [2.05, 4.69) is 20.3 Å². The quantitative estimate of drug-likeness (QED) is 0.570. The van der Waals surface area contributed by atoms with Crippen molar-refractivity contribution in [3.05, 3.63) is 60.6 Å². The molecule has 8 nitrogen and oxygen atoms in total. The zero-order chi connectivity index (χ0) is 19.3. The Labute approximate surface area is 160 Å². The number of rotatable bonds is 3. The zero-order valence-electron chi connectivity index (χ0n) is 15.2. The van der Waals surface area contributed by atoms with E-state index in [4.69, 9.17) is 0 Å². The Morgan fingerprint density at radius 1 is 1.25 bits per heavy atom. The molecule has 140 valence electrons. The standard InChI is InChI=1S/C20H18N6O2/c1-25-9-7-20(28,19(25)27)13-4-2-5-14(10-13)26-12-17(23-24-26)16-11-22-18-15(16)6-3-8-21-18/h2-6,8,10-12,28H,7,9H2,1H3,(H,21,22)/t20-/m1/s1. The van der Waals surface area contributed by atoms with Crippen LogP contribution >= 0.6 is 0 Å². The molecule has 2 N–H and O–H groups in total. The molecule has 0 radical (unpaired) electrons. The maximum atomic E-state index is 12.4. The molecule has 0 spiro atoms. The van der Waals surface area contributed by atoms with Crippen molar-refractivity contribution in [3.63, 3.8) is 0 Å². The molecule has 0 aliphatic carbocycles. The third kappa shape index (κ3) is 2.42. The monoisotopic (exact) mass is 374 g/mol. The van der Waals surface area contributed by atoms with Gasteiger partial charge in [0, 0.05) is 43.4 Å². The van der Waals surface area contributed by atoms with Gasteiger partial charge < -0.3 is 15.0 Å². The summed E-state index contributed by atoms with van der Waals surface area (Å²) in [5.74, 6) is -0.282. The van der Waals surface area contributed by atoms with E-state index >= 15 is 0 Å². The van der Waals surface area contributed by atoms with Crippen LogP contribution in [0.3, 0.4) is 0 Å². The number of aromatic amines is 1. The Morgan fingerprint density at radius 2 is 2.14 bits per heavy atom. The number of likely N-dealkylation sites (tertiary alicyclic amines) is 1. The molecule has 1 aliphatic rings. The number of nitrogens with one attached hydrogen (secondary N) is 1. The van der Waals surface area contributed by atoms with Gasteiger partial charge in [-0.1, -0.05) is 17.3 Å². The van der Waals surface area contributed by atoms with Crippen molar-refractivity contribution in [2.75, 3.05) is 13.6 Å². The Kier molecular flexibility index (Phi) is 3.56. The van der Waals surface area contributed by atoms with E-state index in [-0.39, 0.29) is 5.91 Å². The highest BCUT2D eigenvalue weighted by atomic mass is 16.3. The van der Waals surface area contributed by atoms with Crippen LogP contribution in [-0.4, -0.2) is 54.5 Å². The average Bonchev–Trinajstić information content (AvgIpc) is 3.43. The predicted molar refractivity (Wildman–Crippen MR) is 103 cm³/mol. The molecule has 1 aromatic carbocycles. The minimum Gasteiger partial charge on any atom is -0.375 e. The molecular weight excluding hydrogens is 356 g/mol. The third-order valence-corrected chi connectivity index (χ3v) is 5.32. The second-order valence-corrected chi connectivity index (χ2v) is 7.04. The van der Waals surface area contributed by atoms with Crippen LogP contribution in [0.15, 0.2) is 55.0 Å². The summed E-state index contributed by atoms with van der Waals surface area (Å²) >= 11 is 0. The van der Waals surface area contributed by atoms with Crippen molar-refractivity contribution in [2.45, 2.75) is 12.0 Å². The topological polar surface area (TPSA) is 99.9 Å². The summed E-state index contributed by atoms with van der Waals surface area (Å²) in [5, 5.41) is 20.4.